The lowest BCUT2D eigenvalue weighted by molar-refractivity contribution is -0.123. The molecule has 4 heteroatoms. The van der Waals surface area contributed by atoms with Crippen LogP contribution in [-0.4, -0.2) is 5.78 Å². The van der Waals surface area contributed by atoms with Gasteiger partial charge in [-0.2, -0.15) is 5.26 Å². The van der Waals surface area contributed by atoms with Crippen LogP contribution in [0.25, 0.3) is 0 Å². The first-order valence-corrected chi connectivity index (χ1v) is 6.93. The smallest absolute Gasteiger partial charge is 0.157 e. The zero-order chi connectivity index (χ0) is 15.1. The average Bonchev–Trinajstić information content (AvgIpc) is 2.41. The van der Waals surface area contributed by atoms with Crippen LogP contribution in [0.4, 0.5) is 8.78 Å². The van der Waals surface area contributed by atoms with Gasteiger partial charge in [-0.15, -0.1) is 0 Å². The molecule has 0 saturated heterocycles. The third kappa shape index (κ3) is 3.86. The van der Waals surface area contributed by atoms with Gasteiger partial charge in [0.1, 0.15) is 17.6 Å². The van der Waals surface area contributed by atoms with Crippen molar-refractivity contribution in [1.82, 2.24) is 0 Å². The quantitative estimate of drug-likeness (QED) is 0.744. The summed E-state index contributed by atoms with van der Waals surface area (Å²) in [6, 6.07) is 4.83. The average molecular weight is 279 g/mol. The Morgan fingerprint density at radius 1 is 1.25 bits per heavy atom. The van der Waals surface area contributed by atoms with E-state index in [0.29, 0.717) is 18.9 Å². The third-order valence-corrected chi connectivity index (χ3v) is 3.36. The Hall–Kier alpha value is -1.76. The molecule has 0 spiro atoms. The van der Waals surface area contributed by atoms with Gasteiger partial charge in [-0.3, -0.25) is 4.79 Å². The van der Waals surface area contributed by atoms with Gasteiger partial charge in [0, 0.05) is 17.5 Å². The molecule has 0 heterocycles. The Bertz CT molecular complexity index is 502. The Morgan fingerprint density at radius 3 is 2.30 bits per heavy atom. The van der Waals surface area contributed by atoms with Gasteiger partial charge in [0.2, 0.25) is 0 Å². The fourth-order valence-corrected chi connectivity index (χ4v) is 2.38. The monoisotopic (exact) mass is 279 g/mol. The molecule has 1 rings (SSSR count). The third-order valence-electron chi connectivity index (χ3n) is 3.36. The topological polar surface area (TPSA) is 40.9 Å². The Kier molecular flexibility index (Phi) is 6.30. The van der Waals surface area contributed by atoms with Crippen LogP contribution in [0.3, 0.4) is 0 Å². The van der Waals surface area contributed by atoms with E-state index in [1.54, 1.807) is 0 Å². The van der Waals surface area contributed by atoms with Gasteiger partial charge in [0.25, 0.3) is 0 Å². The maximum absolute atomic E-state index is 13.7. The van der Waals surface area contributed by atoms with Crippen LogP contribution >= 0.6 is 0 Å². The second-order valence-electron chi connectivity index (χ2n) is 4.90. The van der Waals surface area contributed by atoms with Gasteiger partial charge in [-0.1, -0.05) is 32.8 Å². The molecule has 0 aromatic heterocycles. The lowest BCUT2D eigenvalue weighted by Gasteiger charge is -2.18. The summed E-state index contributed by atoms with van der Waals surface area (Å²) in [7, 11) is 0. The number of Topliss-reactive ketones (excluding diaryl/α,β-unsaturated/α-hetero) is 1. The fraction of sp³-hybridized carbons (Fsp3) is 0.500. The van der Waals surface area contributed by atoms with Crippen molar-refractivity contribution in [3.8, 4) is 6.07 Å². The molecule has 108 valence electrons. The van der Waals surface area contributed by atoms with Gasteiger partial charge in [-0.05, 0) is 18.9 Å². The minimum absolute atomic E-state index is 0.0314. The zero-order valence-electron chi connectivity index (χ0n) is 11.8. The van der Waals surface area contributed by atoms with Gasteiger partial charge >= 0.3 is 0 Å². The van der Waals surface area contributed by atoms with Crippen molar-refractivity contribution in [2.24, 2.45) is 5.92 Å². The molecule has 0 bridgehead atoms. The molecule has 0 saturated carbocycles. The highest BCUT2D eigenvalue weighted by Gasteiger charge is 2.29. The van der Waals surface area contributed by atoms with Crippen molar-refractivity contribution in [2.45, 2.75) is 45.4 Å². The van der Waals surface area contributed by atoms with E-state index in [4.69, 9.17) is 0 Å². The molecule has 1 unspecified atom stereocenters. The highest BCUT2D eigenvalue weighted by atomic mass is 19.1. The van der Waals surface area contributed by atoms with Crippen LogP contribution in [0.15, 0.2) is 18.2 Å². The maximum atomic E-state index is 13.7. The van der Waals surface area contributed by atoms with Crippen LogP contribution in [0.2, 0.25) is 0 Å². The number of nitriles is 1. The lowest BCUT2D eigenvalue weighted by Crippen LogP contribution is -2.22. The minimum atomic E-state index is -1.15. The van der Waals surface area contributed by atoms with Crippen LogP contribution in [-0.2, 0) is 4.79 Å². The lowest BCUT2D eigenvalue weighted by atomic mass is 9.83. The zero-order valence-corrected chi connectivity index (χ0v) is 11.8. The molecule has 2 nitrogen and oxygen atoms in total. The van der Waals surface area contributed by atoms with E-state index in [-0.39, 0.29) is 17.3 Å². The predicted octanol–water partition coefficient (Wildman–Crippen LogP) is 4.36. The first kappa shape index (κ1) is 16.3. The summed E-state index contributed by atoms with van der Waals surface area (Å²) in [5, 5.41) is 9.20. The summed E-state index contributed by atoms with van der Waals surface area (Å²) in [4.78, 5) is 12.4. The number of ketones is 1. The molecule has 0 radical (unpaired) electrons. The highest BCUT2D eigenvalue weighted by Crippen LogP contribution is 2.27. The normalized spacial score (nSPS) is 12.2. The Balaban J connectivity index is 3.05. The Labute approximate surface area is 118 Å². The first-order valence-electron chi connectivity index (χ1n) is 6.93. The summed E-state index contributed by atoms with van der Waals surface area (Å²) in [6.07, 6.45) is 3.04. The highest BCUT2D eigenvalue weighted by molar-refractivity contribution is 5.90. The fourth-order valence-electron chi connectivity index (χ4n) is 2.38. The van der Waals surface area contributed by atoms with Crippen LogP contribution in [0.1, 0.15) is 51.0 Å². The second kappa shape index (κ2) is 7.74. The van der Waals surface area contributed by atoms with Crippen molar-refractivity contribution in [1.29, 1.82) is 5.26 Å². The van der Waals surface area contributed by atoms with Crippen molar-refractivity contribution in [3.63, 3.8) is 0 Å². The Morgan fingerprint density at radius 2 is 1.85 bits per heavy atom. The van der Waals surface area contributed by atoms with E-state index in [9.17, 15) is 18.8 Å². The van der Waals surface area contributed by atoms with E-state index >= 15 is 0 Å². The van der Waals surface area contributed by atoms with E-state index in [0.717, 1.165) is 18.9 Å². The summed E-state index contributed by atoms with van der Waals surface area (Å²) in [5.74, 6) is -3.20. The first-order chi connectivity index (χ1) is 9.54. The molecule has 0 aliphatic heterocycles. The standard InChI is InChI=1S/C16H19F2NO/c1-3-5-11(6-4-2)16(20)14(10-19)13-8-7-12(17)9-15(13)18/h7-9,11,14H,3-6H2,1-2H3. The number of carbonyl (C=O) groups excluding carboxylic acids is 1. The summed E-state index contributed by atoms with van der Waals surface area (Å²) < 4.78 is 26.6. The van der Waals surface area contributed by atoms with Gasteiger partial charge in [0.15, 0.2) is 5.78 Å². The SMILES string of the molecule is CCCC(CCC)C(=O)C(C#N)c1ccc(F)cc1F. The van der Waals surface area contributed by atoms with Crippen LogP contribution in [0.5, 0.6) is 0 Å². The van der Waals surface area contributed by atoms with Crippen molar-refractivity contribution in [3.05, 3.63) is 35.4 Å². The van der Waals surface area contributed by atoms with Gasteiger partial charge < -0.3 is 0 Å². The van der Waals surface area contributed by atoms with Crippen molar-refractivity contribution in [2.75, 3.05) is 0 Å². The molecule has 1 atom stereocenters. The van der Waals surface area contributed by atoms with Crippen molar-refractivity contribution < 1.29 is 13.6 Å². The number of nitrogens with zero attached hydrogens (tertiary/aromatic N) is 1. The van der Waals surface area contributed by atoms with E-state index in [1.807, 2.05) is 19.9 Å². The summed E-state index contributed by atoms with van der Waals surface area (Å²) in [5.41, 5.74) is -0.0314. The number of hydrogen-bond donors (Lipinski definition) is 0. The summed E-state index contributed by atoms with van der Waals surface area (Å²) >= 11 is 0. The number of benzene rings is 1. The number of halogens is 2. The summed E-state index contributed by atoms with van der Waals surface area (Å²) in [6.45, 7) is 3.94. The molecule has 0 aliphatic rings. The molecule has 0 fully saturated rings. The maximum Gasteiger partial charge on any atom is 0.157 e. The molecule has 0 aliphatic carbocycles. The molecular formula is C16H19F2NO. The van der Waals surface area contributed by atoms with E-state index in [1.165, 1.54) is 6.07 Å². The molecule has 0 N–H and O–H groups in total. The molecule has 1 aromatic carbocycles. The van der Waals surface area contributed by atoms with Crippen LogP contribution in [0, 0.1) is 28.9 Å². The molecule has 0 amide bonds. The van der Waals surface area contributed by atoms with E-state index < -0.39 is 17.6 Å². The minimum Gasteiger partial charge on any atom is -0.298 e. The molecule has 20 heavy (non-hydrogen) atoms. The largest absolute Gasteiger partial charge is 0.298 e. The van der Waals surface area contributed by atoms with Crippen LogP contribution < -0.4 is 0 Å². The molecule has 1 aromatic rings. The van der Waals surface area contributed by atoms with E-state index in [2.05, 4.69) is 0 Å². The second-order valence-corrected chi connectivity index (χ2v) is 4.90. The number of rotatable bonds is 7. The number of carbonyl (C=O) groups is 1. The molecular weight excluding hydrogens is 260 g/mol. The number of hydrogen-bond acceptors (Lipinski definition) is 2. The predicted molar refractivity (Wildman–Crippen MR) is 73.0 cm³/mol. The van der Waals surface area contributed by atoms with Gasteiger partial charge in [-0.25, -0.2) is 8.78 Å². The van der Waals surface area contributed by atoms with Crippen molar-refractivity contribution >= 4 is 5.78 Å². The van der Waals surface area contributed by atoms with Gasteiger partial charge in [0.05, 0.1) is 6.07 Å².